The van der Waals surface area contributed by atoms with Gasteiger partial charge in [0.05, 0.1) is 23.1 Å². The van der Waals surface area contributed by atoms with E-state index >= 15 is 0 Å². The summed E-state index contributed by atoms with van der Waals surface area (Å²) in [4.78, 5) is 20.3. The number of rotatable bonds is 6. The van der Waals surface area contributed by atoms with E-state index in [1.54, 1.807) is 0 Å². The van der Waals surface area contributed by atoms with Crippen LogP contribution >= 0.6 is 0 Å². The van der Waals surface area contributed by atoms with Gasteiger partial charge in [-0.1, -0.05) is 107 Å². The summed E-state index contributed by atoms with van der Waals surface area (Å²) in [6.07, 6.45) is 1.84. The Morgan fingerprint density at radius 3 is 1.62 bits per heavy atom. The number of hydrogen-bond donors (Lipinski definition) is 0. The van der Waals surface area contributed by atoms with Crippen LogP contribution in [0.15, 0.2) is 54.6 Å². The molecule has 1 aromatic heterocycles. The fourth-order valence-corrected chi connectivity index (χ4v) is 2.83. The Hall–Kier alpha value is -2.95. The fraction of sp³-hybridized carbons (Fsp3) is 0.559. The maximum absolute atomic E-state index is 10.9. The minimum absolute atomic E-state index is 0. The first-order chi connectivity index (χ1) is 16.0. The van der Waals surface area contributed by atoms with Gasteiger partial charge in [0.1, 0.15) is 11.3 Å². The fourth-order valence-electron chi connectivity index (χ4n) is 2.83. The highest BCUT2D eigenvalue weighted by molar-refractivity contribution is 5.74. The molecular weight excluding hydrogens is 484 g/mol. The third kappa shape index (κ3) is 18.1. The van der Waals surface area contributed by atoms with Gasteiger partial charge in [-0.3, -0.25) is 4.79 Å². The average molecular weight is 547 g/mol. The van der Waals surface area contributed by atoms with Crippen molar-refractivity contribution in [1.29, 1.82) is 0 Å². The van der Waals surface area contributed by atoms with Crippen LogP contribution in [0.3, 0.4) is 0 Å². The van der Waals surface area contributed by atoms with Crippen molar-refractivity contribution in [2.45, 2.75) is 124 Å². The highest BCUT2D eigenvalue weighted by atomic mass is 16.6. The highest BCUT2D eigenvalue weighted by Gasteiger charge is 2.18. The lowest BCUT2D eigenvalue weighted by Gasteiger charge is -2.20. The Bertz CT molecular complexity index is 994. The maximum atomic E-state index is 10.9. The van der Waals surface area contributed by atoms with Crippen LogP contribution in [0.5, 0.6) is 5.88 Å². The highest BCUT2D eigenvalue weighted by Crippen LogP contribution is 2.21. The van der Waals surface area contributed by atoms with Crippen LogP contribution in [0, 0.1) is 5.92 Å². The zero-order chi connectivity index (χ0) is 25.7. The monoisotopic (exact) mass is 546 g/mol. The molecule has 0 fully saturated rings. The lowest BCUT2D eigenvalue weighted by molar-refractivity contribution is -0.158. The van der Waals surface area contributed by atoms with Crippen molar-refractivity contribution in [3.63, 3.8) is 0 Å². The molecule has 0 aliphatic heterocycles. The van der Waals surface area contributed by atoms with Gasteiger partial charge in [0, 0.05) is 0 Å². The van der Waals surface area contributed by atoms with Gasteiger partial charge in [0.25, 0.3) is 0 Å². The van der Waals surface area contributed by atoms with E-state index < -0.39 is 0 Å². The van der Waals surface area contributed by atoms with Crippen molar-refractivity contribution >= 4 is 17.0 Å². The number of aryl methyl sites for hydroxylation is 2. The van der Waals surface area contributed by atoms with E-state index in [1.807, 2.05) is 92.6 Å². The van der Waals surface area contributed by atoms with E-state index in [0.29, 0.717) is 5.88 Å². The molecule has 0 saturated carbocycles. The number of fused-ring (bicyclic) bond motifs is 1. The number of carbonyl (C=O) groups excluding carboxylic acids is 1. The molecule has 0 saturated heterocycles. The van der Waals surface area contributed by atoms with Gasteiger partial charge in [-0.2, -0.15) is 0 Å². The van der Waals surface area contributed by atoms with E-state index in [0.717, 1.165) is 29.6 Å². The van der Waals surface area contributed by atoms with E-state index in [9.17, 15) is 4.79 Å². The summed E-state index contributed by atoms with van der Waals surface area (Å²) >= 11 is 0. The Morgan fingerprint density at radius 1 is 0.744 bits per heavy atom. The molecule has 2 aromatic carbocycles. The molecule has 1 heterocycles. The average Bonchev–Trinajstić information content (AvgIpc) is 2.78. The van der Waals surface area contributed by atoms with Crippen LogP contribution in [0.2, 0.25) is 0 Å². The number of hydrogen-bond acceptors (Lipinski definition) is 5. The van der Waals surface area contributed by atoms with Gasteiger partial charge < -0.3 is 9.47 Å². The second kappa shape index (κ2) is 23.0. The van der Waals surface area contributed by atoms with Gasteiger partial charge in [0.2, 0.25) is 5.88 Å². The summed E-state index contributed by atoms with van der Waals surface area (Å²) in [7, 11) is 0. The summed E-state index contributed by atoms with van der Waals surface area (Å²) in [6.45, 7) is 17.3. The Balaban J connectivity index is -0.000000198. The molecule has 0 N–H and O–H groups in total. The van der Waals surface area contributed by atoms with Crippen molar-refractivity contribution in [3.05, 3.63) is 65.9 Å². The molecule has 0 atom stereocenters. The van der Waals surface area contributed by atoms with Crippen LogP contribution in [0.4, 0.5) is 0 Å². The molecule has 3 aromatic rings. The molecule has 0 aliphatic rings. The van der Waals surface area contributed by atoms with Crippen molar-refractivity contribution < 1.29 is 14.3 Å². The van der Waals surface area contributed by atoms with E-state index in [4.69, 9.17) is 14.5 Å². The number of carbonyl (C=O) groups is 1. The number of para-hydroxylation sites is 2. The van der Waals surface area contributed by atoms with Crippen LogP contribution in [0.1, 0.15) is 111 Å². The molecule has 0 radical (unpaired) electrons. The van der Waals surface area contributed by atoms with Crippen LogP contribution in [-0.4, -0.2) is 27.6 Å². The smallest absolute Gasteiger partial charge is 0.308 e. The second-order valence-electron chi connectivity index (χ2n) is 9.30. The van der Waals surface area contributed by atoms with Crippen molar-refractivity contribution in [2.24, 2.45) is 5.92 Å². The number of ether oxygens (including phenoxy) is 2. The Morgan fingerprint density at radius 2 is 1.21 bits per heavy atom. The first-order valence-corrected chi connectivity index (χ1v) is 12.2. The van der Waals surface area contributed by atoms with Crippen molar-refractivity contribution in [3.8, 4) is 5.88 Å². The molecule has 0 spiro atoms. The van der Waals surface area contributed by atoms with E-state index in [2.05, 4.69) is 29.2 Å². The van der Waals surface area contributed by atoms with E-state index in [1.165, 1.54) is 5.56 Å². The van der Waals surface area contributed by atoms with Gasteiger partial charge in [-0.25, -0.2) is 9.97 Å². The molecule has 0 aliphatic carbocycles. The molecule has 3 rings (SSSR count). The predicted octanol–water partition coefficient (Wildman–Crippen LogP) is 10.4. The predicted molar refractivity (Wildman–Crippen MR) is 175 cm³/mol. The third-order valence-corrected chi connectivity index (χ3v) is 4.32. The molecule has 0 bridgehead atoms. The minimum atomic E-state index is -0.346. The molecule has 5 heteroatoms. The van der Waals surface area contributed by atoms with Gasteiger partial charge in [0.15, 0.2) is 0 Å². The first-order valence-electron chi connectivity index (χ1n) is 12.2. The second-order valence-corrected chi connectivity index (χ2v) is 9.30. The SMILES string of the molecule is C.C.C.C.C.CC.CC(C)C(=O)OC(C)(C)C.CC(C)Oc1nc2ccccc2nc1CCc1ccccc1. The molecule has 39 heavy (non-hydrogen) atoms. The summed E-state index contributed by atoms with van der Waals surface area (Å²) in [5, 5.41) is 0. The molecule has 0 amide bonds. The lowest BCUT2D eigenvalue weighted by atomic mass is 10.1. The van der Waals surface area contributed by atoms with Crippen LogP contribution < -0.4 is 4.74 Å². The summed E-state index contributed by atoms with van der Waals surface area (Å²) in [6, 6.07) is 18.4. The van der Waals surface area contributed by atoms with Crippen molar-refractivity contribution in [2.75, 3.05) is 0 Å². The topological polar surface area (TPSA) is 61.3 Å². The largest absolute Gasteiger partial charge is 0.474 e. The number of nitrogens with zero attached hydrogens (tertiary/aromatic N) is 2. The normalized spacial score (nSPS) is 9.41. The summed E-state index contributed by atoms with van der Waals surface area (Å²) < 4.78 is 10.9. The van der Waals surface area contributed by atoms with E-state index in [-0.39, 0.29) is 60.7 Å². The quantitative estimate of drug-likeness (QED) is 0.288. The zero-order valence-corrected chi connectivity index (χ0v) is 22.4. The molecule has 0 unspecified atom stereocenters. The molecule has 226 valence electrons. The Kier molecular flexibility index (Phi) is 27.1. The first kappa shape index (κ1) is 45.9. The zero-order valence-electron chi connectivity index (χ0n) is 22.4. The minimum Gasteiger partial charge on any atom is -0.474 e. The van der Waals surface area contributed by atoms with Crippen molar-refractivity contribution in [1.82, 2.24) is 9.97 Å². The number of benzene rings is 2. The van der Waals surface area contributed by atoms with Crippen LogP contribution in [-0.2, 0) is 22.4 Å². The molecule has 5 nitrogen and oxygen atoms in total. The number of esters is 1. The summed E-state index contributed by atoms with van der Waals surface area (Å²) in [5.41, 5.74) is 3.67. The standard InChI is InChI=1S/C19H20N2O.C8H16O2.C2H6.5CH4/c1-14(2)22-19-18(13-12-15-8-4-3-5-9-15)20-16-10-6-7-11-17(16)21-19;1-6(2)7(9)10-8(3,4)5;1-2;;;;;/h3-11,14H,12-13H2,1-2H3;6H,1-5H3;1-2H3;5*1H4. The maximum Gasteiger partial charge on any atom is 0.308 e. The number of aromatic nitrogens is 2. The van der Waals surface area contributed by atoms with Gasteiger partial charge >= 0.3 is 5.97 Å². The summed E-state index contributed by atoms with van der Waals surface area (Å²) in [5.74, 6) is 0.497. The van der Waals surface area contributed by atoms with Gasteiger partial charge in [-0.05, 0) is 65.2 Å². The molecular formula is C34H62N2O3. The van der Waals surface area contributed by atoms with Crippen LogP contribution in [0.25, 0.3) is 11.0 Å². The third-order valence-electron chi connectivity index (χ3n) is 4.32. The lowest BCUT2D eigenvalue weighted by Crippen LogP contribution is -2.26. The Labute approximate surface area is 242 Å². The van der Waals surface area contributed by atoms with Gasteiger partial charge in [-0.15, -0.1) is 0 Å².